The standard InChI is InChI=1S/C17H21N3O3/c1-4-13(18-11-10-12-8-6-5-7-9-12)14-15(21)19(2)17(23)20(3)16(14)22/h5-9,21H,4,10-11H2,1-3H3. The van der Waals surface area contributed by atoms with Gasteiger partial charge >= 0.3 is 5.69 Å². The topological polar surface area (TPSA) is 76.6 Å². The van der Waals surface area contributed by atoms with Gasteiger partial charge in [0.2, 0.25) is 5.88 Å². The van der Waals surface area contributed by atoms with Crippen molar-refractivity contribution in [2.45, 2.75) is 19.8 Å². The number of nitrogens with zero attached hydrogens (tertiary/aromatic N) is 3. The van der Waals surface area contributed by atoms with Gasteiger partial charge < -0.3 is 5.11 Å². The van der Waals surface area contributed by atoms with E-state index in [0.717, 1.165) is 21.1 Å². The lowest BCUT2D eigenvalue weighted by Crippen LogP contribution is -2.40. The highest BCUT2D eigenvalue weighted by molar-refractivity contribution is 6.01. The van der Waals surface area contributed by atoms with E-state index in [4.69, 9.17) is 0 Å². The maximum Gasteiger partial charge on any atom is 0.333 e. The summed E-state index contributed by atoms with van der Waals surface area (Å²) >= 11 is 0. The molecule has 6 nitrogen and oxygen atoms in total. The summed E-state index contributed by atoms with van der Waals surface area (Å²) in [6, 6.07) is 9.92. The van der Waals surface area contributed by atoms with Crippen LogP contribution in [0.3, 0.4) is 0 Å². The number of benzene rings is 1. The average Bonchev–Trinajstić information content (AvgIpc) is 2.58. The number of hydrogen-bond donors (Lipinski definition) is 1. The lowest BCUT2D eigenvalue weighted by Gasteiger charge is -2.11. The number of aromatic hydroxyl groups is 1. The maximum absolute atomic E-state index is 12.3. The lowest BCUT2D eigenvalue weighted by atomic mass is 10.1. The molecule has 0 amide bonds. The molecule has 0 atom stereocenters. The van der Waals surface area contributed by atoms with Gasteiger partial charge in [-0.2, -0.15) is 0 Å². The molecule has 0 aliphatic heterocycles. The molecular formula is C17H21N3O3. The van der Waals surface area contributed by atoms with Gasteiger partial charge in [0.05, 0.1) is 5.71 Å². The van der Waals surface area contributed by atoms with Crippen molar-refractivity contribution < 1.29 is 5.11 Å². The van der Waals surface area contributed by atoms with Crippen LogP contribution in [0.4, 0.5) is 0 Å². The van der Waals surface area contributed by atoms with Crippen molar-refractivity contribution in [1.82, 2.24) is 9.13 Å². The molecule has 0 fully saturated rings. The molecule has 0 saturated heterocycles. The second-order valence-corrected chi connectivity index (χ2v) is 5.32. The summed E-state index contributed by atoms with van der Waals surface area (Å²) in [5.74, 6) is -0.335. The van der Waals surface area contributed by atoms with Gasteiger partial charge in [0, 0.05) is 20.6 Å². The van der Waals surface area contributed by atoms with Crippen LogP contribution in [0, 0.1) is 0 Å². The molecule has 1 aromatic heterocycles. The third-order valence-electron chi connectivity index (χ3n) is 3.80. The van der Waals surface area contributed by atoms with Crippen molar-refractivity contribution in [2.75, 3.05) is 6.54 Å². The summed E-state index contributed by atoms with van der Waals surface area (Å²) in [6.45, 7) is 2.38. The molecular weight excluding hydrogens is 294 g/mol. The van der Waals surface area contributed by atoms with Crippen LogP contribution in [-0.4, -0.2) is 26.5 Å². The van der Waals surface area contributed by atoms with Crippen LogP contribution < -0.4 is 11.2 Å². The molecule has 0 spiro atoms. The van der Waals surface area contributed by atoms with Crippen molar-refractivity contribution in [3.63, 3.8) is 0 Å². The zero-order valence-corrected chi connectivity index (χ0v) is 13.6. The van der Waals surface area contributed by atoms with Crippen molar-refractivity contribution in [2.24, 2.45) is 19.1 Å². The summed E-state index contributed by atoms with van der Waals surface area (Å²) in [5.41, 5.74) is 0.686. The van der Waals surface area contributed by atoms with Crippen LogP contribution in [0.25, 0.3) is 0 Å². The van der Waals surface area contributed by atoms with E-state index in [0.29, 0.717) is 18.7 Å². The first kappa shape index (κ1) is 16.7. The van der Waals surface area contributed by atoms with E-state index in [2.05, 4.69) is 4.99 Å². The van der Waals surface area contributed by atoms with Crippen LogP contribution >= 0.6 is 0 Å². The predicted octanol–water partition coefficient (Wildman–Crippen LogP) is 1.23. The number of aromatic nitrogens is 2. The largest absolute Gasteiger partial charge is 0.494 e. The first-order chi connectivity index (χ1) is 11.0. The Kier molecular flexibility index (Phi) is 5.16. The molecule has 0 bridgehead atoms. The monoisotopic (exact) mass is 315 g/mol. The Morgan fingerprint density at radius 2 is 1.78 bits per heavy atom. The third-order valence-corrected chi connectivity index (χ3v) is 3.80. The highest BCUT2D eigenvalue weighted by Crippen LogP contribution is 2.12. The SMILES string of the molecule is CCC(=NCCc1ccccc1)c1c(O)n(C)c(=O)n(C)c1=O. The molecule has 2 aromatic rings. The van der Waals surface area contributed by atoms with Gasteiger partial charge in [0.15, 0.2) is 0 Å². The van der Waals surface area contributed by atoms with E-state index >= 15 is 0 Å². The summed E-state index contributed by atoms with van der Waals surface area (Å²) < 4.78 is 2.04. The van der Waals surface area contributed by atoms with Crippen molar-refractivity contribution in [3.8, 4) is 5.88 Å². The van der Waals surface area contributed by atoms with Gasteiger partial charge in [-0.05, 0) is 18.4 Å². The van der Waals surface area contributed by atoms with Gasteiger partial charge in [-0.1, -0.05) is 37.3 Å². The van der Waals surface area contributed by atoms with Gasteiger partial charge in [0.1, 0.15) is 5.56 Å². The molecule has 0 aliphatic carbocycles. The van der Waals surface area contributed by atoms with Crippen LogP contribution in [0.2, 0.25) is 0 Å². The molecule has 0 unspecified atom stereocenters. The summed E-state index contributed by atoms with van der Waals surface area (Å²) in [5, 5.41) is 10.2. The summed E-state index contributed by atoms with van der Waals surface area (Å²) in [4.78, 5) is 28.6. The number of rotatable bonds is 5. The zero-order chi connectivity index (χ0) is 17.0. The normalized spacial score (nSPS) is 11.7. The summed E-state index contributed by atoms with van der Waals surface area (Å²) in [6.07, 6.45) is 1.24. The van der Waals surface area contributed by atoms with Crippen LogP contribution in [0.15, 0.2) is 44.9 Å². The first-order valence-electron chi connectivity index (χ1n) is 7.54. The maximum atomic E-state index is 12.3. The minimum atomic E-state index is -0.559. The lowest BCUT2D eigenvalue weighted by molar-refractivity contribution is 0.410. The smallest absolute Gasteiger partial charge is 0.333 e. The Bertz CT molecular complexity index is 833. The minimum Gasteiger partial charge on any atom is -0.494 e. The van der Waals surface area contributed by atoms with E-state index in [1.54, 1.807) is 0 Å². The van der Waals surface area contributed by atoms with Crippen molar-refractivity contribution >= 4 is 5.71 Å². The Morgan fingerprint density at radius 3 is 2.39 bits per heavy atom. The van der Waals surface area contributed by atoms with Crippen LogP contribution in [0.5, 0.6) is 5.88 Å². The molecule has 1 heterocycles. The molecule has 2 rings (SSSR count). The Hall–Kier alpha value is -2.63. The van der Waals surface area contributed by atoms with Crippen molar-refractivity contribution in [1.29, 1.82) is 0 Å². The number of hydrogen-bond acceptors (Lipinski definition) is 4. The highest BCUT2D eigenvalue weighted by atomic mass is 16.3. The Balaban J connectivity index is 2.36. The third kappa shape index (κ3) is 3.41. The molecule has 23 heavy (non-hydrogen) atoms. The summed E-state index contributed by atoms with van der Waals surface area (Å²) in [7, 11) is 2.82. The average molecular weight is 315 g/mol. The van der Waals surface area contributed by atoms with Gasteiger partial charge in [-0.15, -0.1) is 0 Å². The minimum absolute atomic E-state index is 0.102. The highest BCUT2D eigenvalue weighted by Gasteiger charge is 2.18. The fourth-order valence-electron chi connectivity index (χ4n) is 2.42. The molecule has 1 aromatic carbocycles. The van der Waals surface area contributed by atoms with E-state index in [9.17, 15) is 14.7 Å². The van der Waals surface area contributed by atoms with E-state index in [1.165, 1.54) is 14.1 Å². The molecule has 0 saturated carbocycles. The first-order valence-corrected chi connectivity index (χ1v) is 7.54. The number of aliphatic imine (C=N–C) groups is 1. The Labute approximate surface area is 134 Å². The van der Waals surface area contributed by atoms with Gasteiger partial charge in [-0.3, -0.25) is 18.9 Å². The second-order valence-electron chi connectivity index (χ2n) is 5.32. The molecule has 0 radical (unpaired) electrons. The molecule has 6 heteroatoms. The second kappa shape index (κ2) is 7.09. The van der Waals surface area contributed by atoms with E-state index in [-0.39, 0.29) is 11.4 Å². The van der Waals surface area contributed by atoms with Gasteiger partial charge in [-0.25, -0.2) is 4.79 Å². The van der Waals surface area contributed by atoms with Gasteiger partial charge in [0.25, 0.3) is 5.56 Å². The predicted molar refractivity (Wildman–Crippen MR) is 90.4 cm³/mol. The molecule has 1 N–H and O–H groups in total. The van der Waals surface area contributed by atoms with Crippen LogP contribution in [0.1, 0.15) is 24.5 Å². The molecule has 122 valence electrons. The van der Waals surface area contributed by atoms with E-state index < -0.39 is 11.2 Å². The fraction of sp³-hybridized carbons (Fsp3) is 0.353. The zero-order valence-electron chi connectivity index (χ0n) is 13.6. The Morgan fingerprint density at radius 1 is 1.13 bits per heavy atom. The fourth-order valence-corrected chi connectivity index (χ4v) is 2.42. The van der Waals surface area contributed by atoms with Crippen LogP contribution in [-0.2, 0) is 20.5 Å². The van der Waals surface area contributed by atoms with E-state index in [1.807, 2.05) is 37.3 Å². The quantitative estimate of drug-likeness (QED) is 0.843. The molecule has 0 aliphatic rings. The van der Waals surface area contributed by atoms with Crippen molar-refractivity contribution in [3.05, 3.63) is 62.3 Å².